The number of pyridine rings is 2. The van der Waals surface area contributed by atoms with E-state index in [1.807, 2.05) is 6.07 Å². The molecule has 0 saturated heterocycles. The average molecular weight is 382 g/mol. The molecule has 0 aromatic carbocycles. The van der Waals surface area contributed by atoms with Crippen LogP contribution in [0.25, 0.3) is 16.9 Å². The van der Waals surface area contributed by atoms with E-state index in [1.165, 1.54) is 12.4 Å². The molecule has 3 heterocycles. The molecule has 0 radical (unpaired) electrons. The summed E-state index contributed by atoms with van der Waals surface area (Å²) < 4.78 is 3.37. The molecular weight excluding hydrogens is 367 g/mol. The molecule has 0 aliphatic rings. The molecule has 3 rings (SSSR count). The van der Waals surface area contributed by atoms with Gasteiger partial charge < -0.3 is 0 Å². The zero-order chi connectivity index (χ0) is 17.1. The van der Waals surface area contributed by atoms with Gasteiger partial charge in [-0.3, -0.25) is 0 Å². The Morgan fingerprint density at radius 1 is 1.29 bits per heavy atom. The first kappa shape index (κ1) is 16.2. The van der Waals surface area contributed by atoms with Crippen molar-refractivity contribution in [3.63, 3.8) is 0 Å². The predicted octanol–water partition coefficient (Wildman–Crippen LogP) is 1.39. The molecular formula is C16H15AsN6O. The topological polar surface area (TPSA) is 100.0 Å². The molecule has 24 heavy (non-hydrogen) atoms. The van der Waals surface area contributed by atoms with Crippen LogP contribution in [0.4, 0.5) is 0 Å². The molecule has 0 fully saturated rings. The van der Waals surface area contributed by atoms with Crippen LogP contribution in [0.1, 0.15) is 25.0 Å². The maximum absolute atomic E-state index is 8.96. The normalized spacial score (nSPS) is 11.9. The first-order valence-corrected chi connectivity index (χ1v) is 9.56. The zero-order valence-electron chi connectivity index (χ0n) is 13.2. The molecule has 1 unspecified atom stereocenters. The summed E-state index contributed by atoms with van der Waals surface area (Å²) in [5.74, 6) is 0.664. The van der Waals surface area contributed by atoms with Crippen molar-refractivity contribution >= 4 is 37.4 Å². The Bertz CT molecular complexity index is 957. The Balaban J connectivity index is 2.11. The Morgan fingerprint density at radius 3 is 2.83 bits per heavy atom. The van der Waals surface area contributed by atoms with Gasteiger partial charge in [0, 0.05) is 0 Å². The molecule has 0 saturated carbocycles. The van der Waals surface area contributed by atoms with E-state index in [9.17, 15) is 0 Å². The van der Waals surface area contributed by atoms with Crippen molar-refractivity contribution in [2.75, 3.05) is 0 Å². The summed E-state index contributed by atoms with van der Waals surface area (Å²) in [5.41, 5.74) is 1.98. The van der Waals surface area contributed by atoms with E-state index in [0.717, 1.165) is 15.3 Å². The van der Waals surface area contributed by atoms with Crippen molar-refractivity contribution in [1.82, 2.24) is 19.7 Å². The molecule has 1 atom stereocenters. The third kappa shape index (κ3) is 3.15. The predicted molar refractivity (Wildman–Crippen MR) is 92.6 cm³/mol. The molecule has 0 spiro atoms. The fourth-order valence-electron chi connectivity index (χ4n) is 2.32. The van der Waals surface area contributed by atoms with Crippen LogP contribution in [0.3, 0.4) is 0 Å². The van der Waals surface area contributed by atoms with E-state index in [2.05, 4.69) is 40.1 Å². The van der Waals surface area contributed by atoms with Gasteiger partial charge in [0.05, 0.1) is 0 Å². The number of oxime groups is 1. The SMILES string of the molecule is CC(C)[AsH]c1cc(-n2ncc3cc(C#N)cnc32)ncc1C=NO. The van der Waals surface area contributed by atoms with Gasteiger partial charge in [-0.25, -0.2) is 0 Å². The van der Waals surface area contributed by atoms with E-state index in [0.29, 0.717) is 21.7 Å². The van der Waals surface area contributed by atoms with Crippen molar-refractivity contribution in [3.05, 3.63) is 41.9 Å². The summed E-state index contributed by atoms with van der Waals surface area (Å²) in [7, 11) is 0. The van der Waals surface area contributed by atoms with Crippen molar-refractivity contribution in [2.45, 2.75) is 18.6 Å². The number of hydrogen-bond acceptors (Lipinski definition) is 6. The Hall–Kier alpha value is -2.71. The summed E-state index contributed by atoms with van der Waals surface area (Å²) in [6.45, 7) is 4.35. The second-order valence-electron chi connectivity index (χ2n) is 5.48. The molecule has 3 aromatic rings. The Morgan fingerprint density at radius 2 is 2.12 bits per heavy atom. The summed E-state index contributed by atoms with van der Waals surface area (Å²) in [4.78, 5) is 8.73. The summed E-state index contributed by atoms with van der Waals surface area (Å²) in [5, 5.41) is 26.1. The van der Waals surface area contributed by atoms with Gasteiger partial charge in [-0.05, 0) is 0 Å². The van der Waals surface area contributed by atoms with E-state index < -0.39 is 15.8 Å². The fraction of sp³-hybridized carbons (Fsp3) is 0.188. The Kier molecular flexibility index (Phi) is 4.59. The van der Waals surface area contributed by atoms with Gasteiger partial charge in [0.15, 0.2) is 0 Å². The van der Waals surface area contributed by atoms with Gasteiger partial charge in [0.25, 0.3) is 0 Å². The van der Waals surface area contributed by atoms with E-state index >= 15 is 0 Å². The van der Waals surface area contributed by atoms with Gasteiger partial charge in [-0.1, -0.05) is 0 Å². The number of hydrogen-bond donors (Lipinski definition) is 1. The molecule has 0 amide bonds. The number of fused-ring (bicyclic) bond motifs is 1. The van der Waals surface area contributed by atoms with Crippen LogP contribution < -0.4 is 4.35 Å². The van der Waals surface area contributed by atoms with Crippen molar-refractivity contribution in [1.29, 1.82) is 5.26 Å². The molecule has 1 N–H and O–H groups in total. The molecule has 120 valence electrons. The van der Waals surface area contributed by atoms with Crippen LogP contribution in [-0.4, -0.2) is 46.9 Å². The first-order valence-electron chi connectivity index (χ1n) is 7.30. The third-order valence-electron chi connectivity index (χ3n) is 3.32. The van der Waals surface area contributed by atoms with Crippen LogP contribution in [0, 0.1) is 11.3 Å². The summed E-state index contributed by atoms with van der Waals surface area (Å²) in [6.07, 6.45) is 6.30. The molecule has 7 nitrogen and oxygen atoms in total. The second-order valence-corrected chi connectivity index (χ2v) is 9.64. The minimum atomic E-state index is -0.408. The molecule has 0 aliphatic heterocycles. The molecule has 8 heteroatoms. The fourth-order valence-corrected chi connectivity index (χ4v) is 4.69. The van der Waals surface area contributed by atoms with Crippen molar-refractivity contribution < 1.29 is 5.21 Å². The van der Waals surface area contributed by atoms with E-state index in [4.69, 9.17) is 10.5 Å². The van der Waals surface area contributed by atoms with Crippen molar-refractivity contribution in [3.8, 4) is 11.9 Å². The Labute approximate surface area is 145 Å². The molecule has 0 bridgehead atoms. The number of nitrogens with zero attached hydrogens (tertiary/aromatic N) is 6. The number of nitriles is 1. The summed E-state index contributed by atoms with van der Waals surface area (Å²) >= 11 is -0.408. The van der Waals surface area contributed by atoms with Crippen LogP contribution in [0.5, 0.6) is 0 Å². The van der Waals surface area contributed by atoms with Crippen LogP contribution >= 0.6 is 0 Å². The van der Waals surface area contributed by atoms with Gasteiger partial charge in [-0.2, -0.15) is 0 Å². The van der Waals surface area contributed by atoms with Gasteiger partial charge in [-0.15, -0.1) is 0 Å². The van der Waals surface area contributed by atoms with Crippen molar-refractivity contribution in [2.24, 2.45) is 5.16 Å². The van der Waals surface area contributed by atoms with Gasteiger partial charge >= 0.3 is 145 Å². The first-order chi connectivity index (χ1) is 11.6. The molecule has 0 aliphatic carbocycles. The summed E-state index contributed by atoms with van der Waals surface area (Å²) in [6, 6.07) is 5.80. The van der Waals surface area contributed by atoms with Gasteiger partial charge in [0.2, 0.25) is 0 Å². The molecule has 3 aromatic heterocycles. The average Bonchev–Trinajstić information content (AvgIpc) is 2.99. The van der Waals surface area contributed by atoms with Crippen LogP contribution in [0.15, 0.2) is 35.9 Å². The van der Waals surface area contributed by atoms with E-state index in [-0.39, 0.29) is 0 Å². The van der Waals surface area contributed by atoms with Crippen LogP contribution in [-0.2, 0) is 0 Å². The van der Waals surface area contributed by atoms with Gasteiger partial charge in [0.1, 0.15) is 0 Å². The van der Waals surface area contributed by atoms with Crippen LogP contribution in [0.2, 0.25) is 4.71 Å². The maximum atomic E-state index is 8.96. The number of rotatable bonds is 4. The second kappa shape index (κ2) is 6.81. The quantitative estimate of drug-likeness (QED) is 0.318. The van der Waals surface area contributed by atoms with E-state index in [1.54, 1.807) is 23.1 Å². The monoisotopic (exact) mass is 382 g/mol. The standard InChI is InChI=1S/C16H15AsN6O/c1-10(2)17-14-4-15(19-7-13(14)9-22-24)23-16-12(8-21-23)3-11(5-18)6-20-16/h3-4,6-10,17,24H,1-2H3. The number of aromatic nitrogens is 4. The third-order valence-corrected chi connectivity index (χ3v) is 6.09. The zero-order valence-corrected chi connectivity index (χ0v) is 15.3. The minimum absolute atomic E-state index is 0.408.